The first-order chi connectivity index (χ1) is 7.83. The number of aryl methyl sites for hydroxylation is 1. The van der Waals surface area contributed by atoms with E-state index in [4.69, 9.17) is 0 Å². The predicted octanol–water partition coefficient (Wildman–Crippen LogP) is 2.57. The van der Waals surface area contributed by atoms with Crippen LogP contribution >= 0.6 is 0 Å². The highest BCUT2D eigenvalue weighted by atomic mass is 15.0. The summed E-state index contributed by atoms with van der Waals surface area (Å²) in [5, 5.41) is 3.55. The molecule has 0 spiro atoms. The Labute approximate surface area is 96.7 Å². The number of hydrogen-bond acceptors (Lipinski definition) is 3. The van der Waals surface area contributed by atoms with E-state index in [1.165, 1.54) is 36.9 Å². The van der Waals surface area contributed by atoms with Gasteiger partial charge in [-0.15, -0.1) is 0 Å². The molecule has 2 aliphatic rings. The normalized spacial score (nSPS) is 20.6. The van der Waals surface area contributed by atoms with Crippen molar-refractivity contribution in [2.24, 2.45) is 5.41 Å². The van der Waals surface area contributed by atoms with Crippen molar-refractivity contribution in [1.29, 1.82) is 0 Å². The minimum atomic E-state index is 0.580. The van der Waals surface area contributed by atoms with Crippen molar-refractivity contribution in [2.45, 2.75) is 45.4 Å². The summed E-state index contributed by atoms with van der Waals surface area (Å²) in [6, 6.07) is 0. The standard InChI is InChI=1S/C13H19N3/c1-2-13(6-7-13)8-14-12-10-4-3-5-11(10)15-9-16-12/h9H,2-8H2,1H3,(H,14,15,16). The van der Waals surface area contributed by atoms with Gasteiger partial charge in [0.25, 0.3) is 0 Å². The molecule has 3 rings (SSSR count). The van der Waals surface area contributed by atoms with Crippen LogP contribution < -0.4 is 5.32 Å². The van der Waals surface area contributed by atoms with Crippen LogP contribution in [0.2, 0.25) is 0 Å². The first-order valence-corrected chi connectivity index (χ1v) is 6.40. The fourth-order valence-corrected chi connectivity index (χ4v) is 2.62. The molecule has 3 heteroatoms. The Balaban J connectivity index is 1.73. The number of nitrogens with zero attached hydrogens (tertiary/aromatic N) is 2. The quantitative estimate of drug-likeness (QED) is 0.842. The fraction of sp³-hybridized carbons (Fsp3) is 0.692. The Kier molecular flexibility index (Phi) is 2.34. The Hall–Kier alpha value is -1.12. The molecule has 0 atom stereocenters. The Morgan fingerprint density at radius 2 is 2.19 bits per heavy atom. The smallest absolute Gasteiger partial charge is 0.132 e. The van der Waals surface area contributed by atoms with Crippen LogP contribution in [-0.4, -0.2) is 16.5 Å². The second-order valence-electron chi connectivity index (χ2n) is 5.21. The van der Waals surface area contributed by atoms with Crippen molar-refractivity contribution in [2.75, 3.05) is 11.9 Å². The fourth-order valence-electron chi connectivity index (χ4n) is 2.62. The van der Waals surface area contributed by atoms with Gasteiger partial charge in [0.05, 0.1) is 0 Å². The topological polar surface area (TPSA) is 37.8 Å². The lowest BCUT2D eigenvalue weighted by Crippen LogP contribution is -2.16. The summed E-state index contributed by atoms with van der Waals surface area (Å²) >= 11 is 0. The van der Waals surface area contributed by atoms with E-state index in [9.17, 15) is 0 Å². The SMILES string of the molecule is CCC1(CNc2ncnc3c2CCC3)CC1. The summed E-state index contributed by atoms with van der Waals surface area (Å²) in [7, 11) is 0. The van der Waals surface area contributed by atoms with Crippen molar-refractivity contribution in [3.63, 3.8) is 0 Å². The van der Waals surface area contributed by atoms with E-state index in [1.807, 2.05) is 0 Å². The zero-order valence-electron chi connectivity index (χ0n) is 9.92. The van der Waals surface area contributed by atoms with E-state index in [-0.39, 0.29) is 0 Å². The molecule has 0 radical (unpaired) electrons. The minimum Gasteiger partial charge on any atom is -0.369 e. The molecule has 1 aromatic heterocycles. The molecule has 16 heavy (non-hydrogen) atoms. The number of rotatable bonds is 4. The lowest BCUT2D eigenvalue weighted by atomic mass is 10.0. The number of aromatic nitrogens is 2. The first-order valence-electron chi connectivity index (χ1n) is 6.40. The average molecular weight is 217 g/mol. The Bertz CT molecular complexity index is 396. The molecule has 86 valence electrons. The second kappa shape index (κ2) is 3.72. The maximum Gasteiger partial charge on any atom is 0.132 e. The van der Waals surface area contributed by atoms with Crippen molar-refractivity contribution in [3.8, 4) is 0 Å². The summed E-state index contributed by atoms with van der Waals surface area (Å²) in [5.74, 6) is 1.10. The highest BCUT2D eigenvalue weighted by Gasteiger charge is 2.40. The van der Waals surface area contributed by atoms with Gasteiger partial charge in [-0.3, -0.25) is 0 Å². The Morgan fingerprint density at radius 1 is 1.31 bits per heavy atom. The van der Waals surface area contributed by atoms with Crippen molar-refractivity contribution < 1.29 is 0 Å². The van der Waals surface area contributed by atoms with Crippen LogP contribution in [0, 0.1) is 5.41 Å². The maximum atomic E-state index is 4.39. The summed E-state index contributed by atoms with van der Waals surface area (Å²) in [6.45, 7) is 3.38. The summed E-state index contributed by atoms with van der Waals surface area (Å²) in [5.41, 5.74) is 3.21. The van der Waals surface area contributed by atoms with E-state index < -0.39 is 0 Å². The molecule has 1 aromatic rings. The molecule has 0 saturated heterocycles. The zero-order valence-corrected chi connectivity index (χ0v) is 9.92. The molecule has 0 amide bonds. The zero-order chi connectivity index (χ0) is 11.0. The van der Waals surface area contributed by atoms with Gasteiger partial charge in [0.1, 0.15) is 12.1 Å². The molecule has 0 aromatic carbocycles. The van der Waals surface area contributed by atoms with Crippen LogP contribution in [0.1, 0.15) is 43.9 Å². The highest BCUT2D eigenvalue weighted by Crippen LogP contribution is 2.48. The molecule has 1 saturated carbocycles. The third kappa shape index (κ3) is 1.68. The maximum absolute atomic E-state index is 4.39. The van der Waals surface area contributed by atoms with Crippen LogP contribution in [0.25, 0.3) is 0 Å². The largest absolute Gasteiger partial charge is 0.369 e. The highest BCUT2D eigenvalue weighted by molar-refractivity contribution is 5.48. The van der Waals surface area contributed by atoms with Gasteiger partial charge in [0.15, 0.2) is 0 Å². The Morgan fingerprint density at radius 3 is 2.94 bits per heavy atom. The van der Waals surface area contributed by atoms with E-state index in [0.717, 1.165) is 25.2 Å². The molecule has 0 unspecified atom stereocenters. The molecular formula is C13H19N3. The molecule has 0 bridgehead atoms. The van der Waals surface area contributed by atoms with Crippen LogP contribution in [0.3, 0.4) is 0 Å². The molecule has 1 heterocycles. The summed E-state index contributed by atoms with van der Waals surface area (Å²) < 4.78 is 0. The molecule has 0 aliphatic heterocycles. The molecule has 2 aliphatic carbocycles. The van der Waals surface area contributed by atoms with Crippen LogP contribution in [0.5, 0.6) is 0 Å². The van der Waals surface area contributed by atoms with Crippen molar-refractivity contribution in [1.82, 2.24) is 9.97 Å². The van der Waals surface area contributed by atoms with Crippen LogP contribution in [0.4, 0.5) is 5.82 Å². The van der Waals surface area contributed by atoms with E-state index in [0.29, 0.717) is 5.41 Å². The number of anilines is 1. The lowest BCUT2D eigenvalue weighted by Gasteiger charge is -2.15. The molecule has 1 N–H and O–H groups in total. The molecular weight excluding hydrogens is 198 g/mol. The third-order valence-electron chi connectivity index (χ3n) is 4.21. The van der Waals surface area contributed by atoms with Gasteiger partial charge >= 0.3 is 0 Å². The van der Waals surface area contributed by atoms with Crippen LogP contribution in [0.15, 0.2) is 6.33 Å². The van der Waals surface area contributed by atoms with E-state index >= 15 is 0 Å². The van der Waals surface area contributed by atoms with Crippen molar-refractivity contribution in [3.05, 3.63) is 17.6 Å². The predicted molar refractivity (Wildman–Crippen MR) is 64.5 cm³/mol. The molecule has 1 fully saturated rings. The van der Waals surface area contributed by atoms with Gasteiger partial charge in [-0.05, 0) is 43.9 Å². The van der Waals surface area contributed by atoms with Gasteiger partial charge in [-0.2, -0.15) is 0 Å². The molecule has 3 nitrogen and oxygen atoms in total. The number of fused-ring (bicyclic) bond motifs is 1. The number of hydrogen-bond donors (Lipinski definition) is 1. The van der Waals surface area contributed by atoms with Crippen LogP contribution in [-0.2, 0) is 12.8 Å². The van der Waals surface area contributed by atoms with Gasteiger partial charge in [0.2, 0.25) is 0 Å². The minimum absolute atomic E-state index is 0.580. The second-order valence-corrected chi connectivity index (χ2v) is 5.21. The van der Waals surface area contributed by atoms with Gasteiger partial charge in [-0.25, -0.2) is 9.97 Å². The summed E-state index contributed by atoms with van der Waals surface area (Å²) in [4.78, 5) is 8.74. The third-order valence-corrected chi connectivity index (χ3v) is 4.21. The van der Waals surface area contributed by atoms with E-state index in [2.05, 4.69) is 22.2 Å². The number of nitrogens with one attached hydrogen (secondary N) is 1. The summed E-state index contributed by atoms with van der Waals surface area (Å²) in [6.07, 6.45) is 9.27. The average Bonchev–Trinajstić information content (AvgIpc) is 2.94. The monoisotopic (exact) mass is 217 g/mol. The lowest BCUT2D eigenvalue weighted by molar-refractivity contribution is 0.520. The van der Waals surface area contributed by atoms with Gasteiger partial charge < -0.3 is 5.32 Å². The van der Waals surface area contributed by atoms with Crippen molar-refractivity contribution >= 4 is 5.82 Å². The van der Waals surface area contributed by atoms with Gasteiger partial charge in [0, 0.05) is 17.8 Å². The van der Waals surface area contributed by atoms with E-state index in [1.54, 1.807) is 6.33 Å². The first kappa shape index (κ1) is 10.1. The van der Waals surface area contributed by atoms with Gasteiger partial charge in [-0.1, -0.05) is 6.92 Å².